The van der Waals surface area contributed by atoms with E-state index >= 15 is 0 Å². The molecule has 4 N–H and O–H groups in total. The van der Waals surface area contributed by atoms with Gasteiger partial charge in [0, 0.05) is 0 Å². The maximum Gasteiger partial charge on any atom is 0.326 e. The molecule has 0 bridgehead atoms. The van der Waals surface area contributed by atoms with Gasteiger partial charge in [0.25, 0.3) is 11.5 Å². The molecule has 1 atom stereocenters. The second kappa shape index (κ2) is 6.28. The van der Waals surface area contributed by atoms with Crippen molar-refractivity contribution < 1.29 is 9.18 Å². The smallest absolute Gasteiger partial charge is 0.326 e. The van der Waals surface area contributed by atoms with Crippen molar-refractivity contribution in [2.24, 2.45) is 5.92 Å². The molecule has 2 rings (SSSR count). The summed E-state index contributed by atoms with van der Waals surface area (Å²) in [7, 11) is 0. The van der Waals surface area contributed by atoms with Crippen LogP contribution in [0.25, 0.3) is 0 Å². The van der Waals surface area contributed by atoms with Gasteiger partial charge >= 0.3 is 5.69 Å². The summed E-state index contributed by atoms with van der Waals surface area (Å²) < 4.78 is 13.7. The van der Waals surface area contributed by atoms with E-state index in [1.165, 1.54) is 0 Å². The number of aromatic nitrogens is 6. The quantitative estimate of drug-likeness (QED) is 0.569. The fourth-order valence-electron chi connectivity index (χ4n) is 1.88. The monoisotopic (exact) mass is 311 g/mol. The number of nitrogens with zero attached hydrogens (tertiary/aromatic N) is 3. The van der Waals surface area contributed by atoms with Crippen LogP contribution in [0.1, 0.15) is 42.6 Å². The Hall–Kier alpha value is -2.85. The standard InChI is InChI=1S/C11H14FN7O3/c1-4(2)3-5(8-16-18-19-17-8)13-10(21)7-6(12)9(20)15-11(22)14-7/h4-5H,3H2,1-2H3,(H,13,21)(H2,14,15,20,22)(H,16,17,18,19). The SMILES string of the molecule is CC(C)CC(NC(=O)c1[nH]c(=O)[nH]c(=O)c1F)c1nn[nH]n1. The second-order valence-electron chi connectivity index (χ2n) is 5.02. The van der Waals surface area contributed by atoms with E-state index < -0.39 is 34.7 Å². The van der Waals surface area contributed by atoms with Crippen LogP contribution in [0.5, 0.6) is 0 Å². The first-order valence-corrected chi connectivity index (χ1v) is 6.44. The molecular weight excluding hydrogens is 297 g/mol. The first-order chi connectivity index (χ1) is 10.4. The van der Waals surface area contributed by atoms with E-state index in [1.807, 2.05) is 18.8 Å². The highest BCUT2D eigenvalue weighted by Crippen LogP contribution is 2.17. The van der Waals surface area contributed by atoms with Crippen molar-refractivity contribution in [2.45, 2.75) is 26.3 Å². The third-order valence-corrected chi connectivity index (χ3v) is 2.80. The number of hydrogen-bond acceptors (Lipinski definition) is 6. The molecule has 10 nitrogen and oxygen atoms in total. The van der Waals surface area contributed by atoms with Crippen molar-refractivity contribution in [1.82, 2.24) is 35.9 Å². The van der Waals surface area contributed by atoms with Gasteiger partial charge in [-0.05, 0) is 12.3 Å². The summed E-state index contributed by atoms with van der Waals surface area (Å²) in [6.45, 7) is 3.82. The lowest BCUT2D eigenvalue weighted by Crippen LogP contribution is -2.36. The van der Waals surface area contributed by atoms with E-state index in [4.69, 9.17) is 0 Å². The Morgan fingerprint density at radius 2 is 2.05 bits per heavy atom. The number of aromatic amines is 3. The molecule has 0 radical (unpaired) electrons. The van der Waals surface area contributed by atoms with Gasteiger partial charge < -0.3 is 10.3 Å². The van der Waals surface area contributed by atoms with Crippen LogP contribution < -0.4 is 16.6 Å². The minimum atomic E-state index is -1.37. The Bertz CT molecular complexity index is 765. The number of nitrogens with one attached hydrogen (secondary N) is 4. The molecule has 0 spiro atoms. The minimum Gasteiger partial charge on any atom is -0.340 e. The van der Waals surface area contributed by atoms with Crippen LogP contribution >= 0.6 is 0 Å². The molecule has 0 aliphatic carbocycles. The number of carbonyl (C=O) groups is 1. The average Bonchev–Trinajstić information content (AvgIpc) is 2.95. The number of tetrazole rings is 1. The lowest BCUT2D eigenvalue weighted by atomic mass is 10.0. The Kier molecular flexibility index (Phi) is 4.44. The fourth-order valence-corrected chi connectivity index (χ4v) is 1.88. The minimum absolute atomic E-state index is 0.173. The zero-order valence-electron chi connectivity index (χ0n) is 11.8. The van der Waals surface area contributed by atoms with E-state index in [-0.39, 0.29) is 11.7 Å². The van der Waals surface area contributed by atoms with Gasteiger partial charge in [0.2, 0.25) is 5.82 Å². The lowest BCUT2D eigenvalue weighted by molar-refractivity contribution is 0.0919. The third kappa shape index (κ3) is 3.42. The van der Waals surface area contributed by atoms with Crippen LogP contribution in [-0.2, 0) is 0 Å². The number of amides is 1. The Balaban J connectivity index is 2.29. The zero-order valence-corrected chi connectivity index (χ0v) is 11.8. The molecule has 2 heterocycles. The van der Waals surface area contributed by atoms with Gasteiger partial charge in [-0.15, -0.1) is 10.2 Å². The van der Waals surface area contributed by atoms with Gasteiger partial charge in [-0.25, -0.2) is 4.79 Å². The summed E-state index contributed by atoms with van der Waals surface area (Å²) in [5, 5.41) is 15.7. The van der Waals surface area contributed by atoms with Gasteiger partial charge in [0.15, 0.2) is 5.82 Å². The average molecular weight is 311 g/mol. The highest BCUT2D eigenvalue weighted by atomic mass is 19.1. The van der Waals surface area contributed by atoms with Gasteiger partial charge in [0.1, 0.15) is 5.69 Å². The molecule has 22 heavy (non-hydrogen) atoms. The highest BCUT2D eigenvalue weighted by molar-refractivity contribution is 5.92. The third-order valence-electron chi connectivity index (χ3n) is 2.80. The highest BCUT2D eigenvalue weighted by Gasteiger charge is 2.24. The summed E-state index contributed by atoms with van der Waals surface area (Å²) in [5.41, 5.74) is -2.99. The molecule has 1 unspecified atom stereocenters. The van der Waals surface area contributed by atoms with Gasteiger partial charge in [-0.2, -0.15) is 9.60 Å². The van der Waals surface area contributed by atoms with Crippen molar-refractivity contribution in [3.8, 4) is 0 Å². The Morgan fingerprint density at radius 3 is 2.64 bits per heavy atom. The Morgan fingerprint density at radius 1 is 1.32 bits per heavy atom. The van der Waals surface area contributed by atoms with Crippen LogP contribution in [0.4, 0.5) is 4.39 Å². The molecule has 0 fully saturated rings. The van der Waals surface area contributed by atoms with Crippen LogP contribution in [0, 0.1) is 11.7 Å². The normalized spacial score (nSPS) is 12.4. The van der Waals surface area contributed by atoms with E-state index in [2.05, 4.69) is 25.9 Å². The topological polar surface area (TPSA) is 149 Å². The molecule has 11 heteroatoms. The fraction of sp³-hybridized carbons (Fsp3) is 0.455. The van der Waals surface area contributed by atoms with Crippen LogP contribution in [0.15, 0.2) is 9.59 Å². The number of hydrogen-bond donors (Lipinski definition) is 4. The van der Waals surface area contributed by atoms with Crippen LogP contribution in [0.2, 0.25) is 0 Å². The summed E-state index contributed by atoms with van der Waals surface area (Å²) in [6, 6.07) is -0.645. The maximum atomic E-state index is 13.7. The first-order valence-electron chi connectivity index (χ1n) is 6.44. The molecule has 0 saturated heterocycles. The van der Waals surface area contributed by atoms with E-state index in [1.54, 1.807) is 4.98 Å². The molecule has 0 aliphatic heterocycles. The summed E-state index contributed by atoms with van der Waals surface area (Å²) in [6.07, 6.45) is 0.459. The van der Waals surface area contributed by atoms with Gasteiger partial charge in [0.05, 0.1) is 6.04 Å². The molecule has 0 saturated carbocycles. The van der Waals surface area contributed by atoms with E-state index in [9.17, 15) is 18.8 Å². The number of carbonyl (C=O) groups excluding carboxylic acids is 1. The van der Waals surface area contributed by atoms with E-state index in [0.717, 1.165) is 0 Å². The van der Waals surface area contributed by atoms with Crippen LogP contribution in [0.3, 0.4) is 0 Å². The molecule has 0 aromatic carbocycles. The summed E-state index contributed by atoms with van der Waals surface area (Å²) in [4.78, 5) is 38.1. The van der Waals surface area contributed by atoms with Gasteiger partial charge in [-0.3, -0.25) is 14.6 Å². The largest absolute Gasteiger partial charge is 0.340 e. The van der Waals surface area contributed by atoms with Crippen LogP contribution in [-0.4, -0.2) is 36.5 Å². The molecule has 0 aliphatic rings. The van der Waals surface area contributed by atoms with Crippen molar-refractivity contribution in [2.75, 3.05) is 0 Å². The predicted molar refractivity (Wildman–Crippen MR) is 71.5 cm³/mol. The Labute approximate surface area is 122 Å². The first kappa shape index (κ1) is 15.5. The molecular formula is C11H14FN7O3. The second-order valence-corrected chi connectivity index (χ2v) is 5.02. The number of halogens is 1. The maximum absolute atomic E-state index is 13.7. The molecule has 2 aromatic rings. The van der Waals surface area contributed by atoms with Crippen molar-refractivity contribution in [3.05, 3.63) is 38.2 Å². The van der Waals surface area contributed by atoms with Crippen molar-refractivity contribution >= 4 is 5.91 Å². The summed E-state index contributed by atoms with van der Waals surface area (Å²) in [5.74, 6) is -1.92. The van der Waals surface area contributed by atoms with Crippen molar-refractivity contribution in [3.63, 3.8) is 0 Å². The van der Waals surface area contributed by atoms with Crippen molar-refractivity contribution in [1.29, 1.82) is 0 Å². The predicted octanol–water partition coefficient (Wildman–Crippen LogP) is -0.767. The molecule has 118 valence electrons. The molecule has 2 aromatic heterocycles. The molecule has 1 amide bonds. The number of rotatable bonds is 5. The summed E-state index contributed by atoms with van der Waals surface area (Å²) >= 11 is 0. The zero-order chi connectivity index (χ0) is 16.3. The van der Waals surface area contributed by atoms with Gasteiger partial charge in [-0.1, -0.05) is 19.1 Å². The van der Waals surface area contributed by atoms with E-state index in [0.29, 0.717) is 6.42 Å². The number of H-pyrrole nitrogens is 3. The lowest BCUT2D eigenvalue weighted by Gasteiger charge is -2.17.